The maximum absolute atomic E-state index is 13.8. The molecule has 1 aromatic carbocycles. The first kappa shape index (κ1) is 15.5. The third-order valence-corrected chi connectivity index (χ3v) is 4.41. The molecule has 1 aliphatic rings. The Kier molecular flexibility index (Phi) is 4.60. The van der Waals surface area contributed by atoms with Crippen molar-refractivity contribution < 1.29 is 19.1 Å². The van der Waals surface area contributed by atoms with Gasteiger partial charge >= 0.3 is 5.97 Å². The van der Waals surface area contributed by atoms with Gasteiger partial charge in [-0.2, -0.15) is 0 Å². The molecule has 0 heterocycles. The highest BCUT2D eigenvalue weighted by Crippen LogP contribution is 2.34. The first-order chi connectivity index (χ1) is 9.91. The monoisotopic (exact) mass is 293 g/mol. The first-order valence-corrected chi connectivity index (χ1v) is 7.15. The molecule has 0 spiro atoms. The second kappa shape index (κ2) is 6.24. The molecule has 0 aromatic heterocycles. The van der Waals surface area contributed by atoms with E-state index in [2.05, 4.69) is 0 Å². The summed E-state index contributed by atoms with van der Waals surface area (Å²) in [6.45, 7) is 1.78. The Morgan fingerprint density at radius 1 is 1.29 bits per heavy atom. The highest BCUT2D eigenvalue weighted by atomic mass is 19.1. The van der Waals surface area contributed by atoms with Gasteiger partial charge in [-0.15, -0.1) is 0 Å². The summed E-state index contributed by atoms with van der Waals surface area (Å²) in [5, 5.41) is 9.00. The Hall–Kier alpha value is -1.91. The van der Waals surface area contributed by atoms with Gasteiger partial charge in [0.05, 0.1) is 12.0 Å². The number of nitrogens with zero attached hydrogens (tertiary/aromatic N) is 1. The van der Waals surface area contributed by atoms with E-state index in [-0.39, 0.29) is 23.7 Å². The zero-order valence-electron chi connectivity index (χ0n) is 12.3. The molecule has 1 amide bonds. The number of rotatable bonds is 4. The van der Waals surface area contributed by atoms with Crippen molar-refractivity contribution in [1.82, 2.24) is 4.90 Å². The van der Waals surface area contributed by atoms with Crippen LogP contribution in [-0.2, 0) is 9.59 Å². The molecule has 0 bridgehead atoms. The van der Waals surface area contributed by atoms with E-state index >= 15 is 0 Å². The van der Waals surface area contributed by atoms with Crippen LogP contribution in [0.25, 0.3) is 0 Å². The molecule has 1 N–H and O–H groups in total. The lowest BCUT2D eigenvalue weighted by atomic mass is 10.0. The Morgan fingerprint density at radius 2 is 1.90 bits per heavy atom. The second-order valence-corrected chi connectivity index (χ2v) is 5.69. The molecule has 21 heavy (non-hydrogen) atoms. The standard InChI is InChI=1S/C16H20FNO3/c1-10(13-5-3-4-6-14(13)17)18(2)15(19)11-7-8-12(9-11)16(20)21/h3-6,10-12H,7-9H2,1-2H3,(H,20,21)/t10?,11-,12+/m1/s1. The summed E-state index contributed by atoms with van der Waals surface area (Å²) in [6, 6.07) is 6.02. The largest absolute Gasteiger partial charge is 0.481 e. The smallest absolute Gasteiger partial charge is 0.306 e. The molecular formula is C16H20FNO3. The molecule has 4 nitrogen and oxygen atoms in total. The average molecular weight is 293 g/mol. The maximum atomic E-state index is 13.8. The Bertz CT molecular complexity index is 546. The molecule has 1 unspecified atom stereocenters. The van der Waals surface area contributed by atoms with Crippen LogP contribution in [0.5, 0.6) is 0 Å². The van der Waals surface area contributed by atoms with E-state index in [0.717, 1.165) is 0 Å². The molecule has 1 aromatic rings. The number of carbonyl (C=O) groups is 2. The topological polar surface area (TPSA) is 57.6 Å². The molecule has 114 valence electrons. The number of carbonyl (C=O) groups excluding carboxylic acids is 1. The van der Waals surface area contributed by atoms with Gasteiger partial charge in [0.25, 0.3) is 0 Å². The summed E-state index contributed by atoms with van der Waals surface area (Å²) in [5.41, 5.74) is 0.473. The Balaban J connectivity index is 2.06. The fourth-order valence-corrected chi connectivity index (χ4v) is 2.93. The molecule has 3 atom stereocenters. The number of carboxylic acid groups (broad SMARTS) is 1. The van der Waals surface area contributed by atoms with Gasteiger partial charge in [-0.25, -0.2) is 4.39 Å². The van der Waals surface area contributed by atoms with Gasteiger partial charge in [-0.05, 0) is 32.3 Å². The molecule has 1 fully saturated rings. The summed E-state index contributed by atoms with van der Waals surface area (Å²) in [7, 11) is 1.65. The minimum Gasteiger partial charge on any atom is -0.481 e. The summed E-state index contributed by atoms with van der Waals surface area (Å²) >= 11 is 0. The number of benzene rings is 1. The van der Waals surface area contributed by atoms with E-state index in [1.807, 2.05) is 0 Å². The lowest BCUT2D eigenvalue weighted by Crippen LogP contribution is -2.34. The highest BCUT2D eigenvalue weighted by molar-refractivity contribution is 5.81. The van der Waals surface area contributed by atoms with Gasteiger partial charge in [0.2, 0.25) is 5.91 Å². The van der Waals surface area contributed by atoms with Gasteiger partial charge < -0.3 is 10.0 Å². The van der Waals surface area contributed by atoms with Crippen LogP contribution in [-0.4, -0.2) is 28.9 Å². The minimum atomic E-state index is -0.838. The molecule has 5 heteroatoms. The highest BCUT2D eigenvalue weighted by Gasteiger charge is 2.36. The second-order valence-electron chi connectivity index (χ2n) is 5.69. The van der Waals surface area contributed by atoms with E-state index in [0.29, 0.717) is 24.8 Å². The number of aliphatic carboxylic acids is 1. The van der Waals surface area contributed by atoms with E-state index in [9.17, 15) is 14.0 Å². The first-order valence-electron chi connectivity index (χ1n) is 7.15. The van der Waals surface area contributed by atoms with Crippen molar-refractivity contribution in [2.45, 2.75) is 32.2 Å². The summed E-state index contributed by atoms with van der Waals surface area (Å²) in [5.74, 6) is -1.98. The van der Waals surface area contributed by atoms with Crippen LogP contribution in [0.2, 0.25) is 0 Å². The van der Waals surface area contributed by atoms with Gasteiger partial charge in [-0.1, -0.05) is 18.2 Å². The van der Waals surface area contributed by atoms with E-state index in [4.69, 9.17) is 5.11 Å². The normalized spacial score (nSPS) is 22.8. The van der Waals surface area contributed by atoms with Crippen LogP contribution < -0.4 is 0 Å². The van der Waals surface area contributed by atoms with Crippen LogP contribution >= 0.6 is 0 Å². The van der Waals surface area contributed by atoms with Crippen molar-refractivity contribution in [3.63, 3.8) is 0 Å². The van der Waals surface area contributed by atoms with Crippen molar-refractivity contribution in [3.8, 4) is 0 Å². The van der Waals surface area contributed by atoms with Gasteiger partial charge in [0.1, 0.15) is 5.82 Å². The van der Waals surface area contributed by atoms with Crippen molar-refractivity contribution in [2.75, 3.05) is 7.05 Å². The number of carboxylic acids is 1. The summed E-state index contributed by atoms with van der Waals surface area (Å²) in [4.78, 5) is 24.9. The fraction of sp³-hybridized carbons (Fsp3) is 0.500. The zero-order chi connectivity index (χ0) is 15.6. The van der Waals surface area contributed by atoms with Crippen LogP contribution in [0.15, 0.2) is 24.3 Å². The molecular weight excluding hydrogens is 273 g/mol. The zero-order valence-corrected chi connectivity index (χ0v) is 12.3. The summed E-state index contributed by atoms with van der Waals surface area (Å²) in [6.07, 6.45) is 1.50. The maximum Gasteiger partial charge on any atom is 0.306 e. The Morgan fingerprint density at radius 3 is 2.48 bits per heavy atom. The van der Waals surface area contributed by atoms with Crippen molar-refractivity contribution in [3.05, 3.63) is 35.6 Å². The predicted octanol–water partition coefficient (Wildman–Crippen LogP) is 2.85. The third-order valence-electron chi connectivity index (χ3n) is 4.41. The van der Waals surface area contributed by atoms with E-state index in [1.54, 1.807) is 32.2 Å². The minimum absolute atomic E-state index is 0.102. The molecule has 1 saturated carbocycles. The SMILES string of the molecule is CC(c1ccccc1F)N(C)C(=O)[C@@H]1CC[C@H](C(=O)O)C1. The van der Waals surface area contributed by atoms with Crippen molar-refractivity contribution in [1.29, 1.82) is 0 Å². The fourth-order valence-electron chi connectivity index (χ4n) is 2.93. The van der Waals surface area contributed by atoms with Gasteiger partial charge in [0, 0.05) is 18.5 Å². The quantitative estimate of drug-likeness (QED) is 0.928. The average Bonchev–Trinajstić information content (AvgIpc) is 2.95. The third kappa shape index (κ3) is 3.23. The molecule has 2 rings (SSSR count). The number of halogens is 1. The molecule has 1 aliphatic carbocycles. The van der Waals surface area contributed by atoms with Crippen LogP contribution in [0.3, 0.4) is 0 Å². The van der Waals surface area contributed by atoms with Crippen LogP contribution in [0.4, 0.5) is 4.39 Å². The predicted molar refractivity (Wildman–Crippen MR) is 76.1 cm³/mol. The molecule has 0 radical (unpaired) electrons. The van der Waals surface area contributed by atoms with E-state index < -0.39 is 11.9 Å². The Labute approximate surface area is 123 Å². The lowest BCUT2D eigenvalue weighted by molar-refractivity contribution is -0.141. The van der Waals surface area contributed by atoms with Crippen molar-refractivity contribution in [2.24, 2.45) is 11.8 Å². The van der Waals surface area contributed by atoms with Crippen LogP contribution in [0, 0.1) is 17.7 Å². The lowest BCUT2D eigenvalue weighted by Gasteiger charge is -2.28. The van der Waals surface area contributed by atoms with Gasteiger partial charge in [-0.3, -0.25) is 9.59 Å². The summed E-state index contributed by atoms with van der Waals surface area (Å²) < 4.78 is 13.8. The van der Waals surface area contributed by atoms with Crippen LogP contribution in [0.1, 0.15) is 37.8 Å². The molecule has 0 saturated heterocycles. The molecule has 0 aliphatic heterocycles. The van der Waals surface area contributed by atoms with Crippen molar-refractivity contribution >= 4 is 11.9 Å². The number of hydrogen-bond acceptors (Lipinski definition) is 2. The van der Waals surface area contributed by atoms with E-state index in [1.165, 1.54) is 11.0 Å². The number of hydrogen-bond donors (Lipinski definition) is 1. The van der Waals surface area contributed by atoms with Gasteiger partial charge in [0.15, 0.2) is 0 Å². The number of amides is 1.